The Morgan fingerprint density at radius 1 is 0.887 bits per heavy atom. The minimum Gasteiger partial charge on any atom is -0.445 e. The van der Waals surface area contributed by atoms with Crippen molar-refractivity contribution in [2.45, 2.75) is 110 Å². The van der Waals surface area contributed by atoms with Crippen LogP contribution < -0.4 is 16.0 Å². The van der Waals surface area contributed by atoms with Gasteiger partial charge in [-0.05, 0) is 81.0 Å². The number of hydrogen-bond donors (Lipinski definition) is 3. The second-order valence-electron chi connectivity index (χ2n) is 15.0. The molecule has 14 heteroatoms. The molecule has 3 N–H and O–H groups in total. The number of likely N-dealkylation sites (N-methyl/N-ethyl adjacent to an activating group) is 1. The number of ether oxygens (including phenoxy) is 1. The van der Waals surface area contributed by atoms with Crippen molar-refractivity contribution in [1.82, 2.24) is 25.3 Å². The maximum absolute atomic E-state index is 13.1. The Bertz CT molecular complexity index is 1390. The summed E-state index contributed by atoms with van der Waals surface area (Å²) in [5.41, 5.74) is 1.31. The van der Waals surface area contributed by atoms with E-state index in [1.165, 1.54) is 4.90 Å². The van der Waals surface area contributed by atoms with Crippen LogP contribution in [-0.2, 0) is 35.3 Å². The number of carbonyl (C=O) groups is 6. The van der Waals surface area contributed by atoms with Crippen molar-refractivity contribution >= 4 is 53.1 Å². The normalized spacial score (nSPS) is 19.0. The summed E-state index contributed by atoms with van der Waals surface area (Å²) in [5, 5.41) is 8.00. The summed E-state index contributed by atoms with van der Waals surface area (Å²) in [6, 6.07) is 5.26. The van der Waals surface area contributed by atoms with E-state index in [1.54, 1.807) is 47.9 Å². The Kier molecular flexibility index (Phi) is 18.1. The van der Waals surface area contributed by atoms with Gasteiger partial charge in [0, 0.05) is 44.7 Å². The lowest BCUT2D eigenvalue weighted by molar-refractivity contribution is -0.138. The molecule has 6 amide bonds. The molecule has 296 valence electrons. The third kappa shape index (κ3) is 14.3. The maximum Gasteiger partial charge on any atom is 0.410 e. The smallest absolute Gasteiger partial charge is 0.410 e. The molecule has 0 aromatic heterocycles. The van der Waals surface area contributed by atoms with Crippen LogP contribution in [0.15, 0.2) is 24.3 Å². The molecule has 13 nitrogen and oxygen atoms in total. The van der Waals surface area contributed by atoms with E-state index in [2.05, 4.69) is 41.6 Å². The predicted octanol–water partition coefficient (Wildman–Crippen LogP) is 4.65. The molecule has 2 saturated heterocycles. The van der Waals surface area contributed by atoms with Crippen LogP contribution in [0.2, 0.25) is 0 Å². The Morgan fingerprint density at radius 3 is 2.28 bits per heavy atom. The highest BCUT2D eigenvalue weighted by atomic mass is 32.2. The molecule has 2 fully saturated rings. The highest BCUT2D eigenvalue weighted by molar-refractivity contribution is 8.00. The van der Waals surface area contributed by atoms with Gasteiger partial charge in [-0.25, -0.2) is 4.79 Å². The summed E-state index contributed by atoms with van der Waals surface area (Å²) in [4.78, 5) is 82.0. The highest BCUT2D eigenvalue weighted by Crippen LogP contribution is 2.29. The van der Waals surface area contributed by atoms with Crippen LogP contribution in [0.1, 0.15) is 92.1 Å². The minimum atomic E-state index is -0.869. The van der Waals surface area contributed by atoms with Crippen LogP contribution in [-0.4, -0.2) is 113 Å². The standard InChI is InChI=1S/C39H62N6O7S/c1-8-27(4)28(5)25-53-32-23-34(47)45(38(32)50)20-11-9-10-13-33(46)42-35(26(2)3)37(49)40-29(6)36(48)41-31-16-14-30(15-17-31)24-52-39(51)44-19-12-18-43(7)21-22-44/h14-17,26-29,32,35H,8-13,18-25H2,1-7H3,(H,40,49)(H,41,48)(H,42,46)/t27?,28?,29-,32?,35-/m0/s1. The molecule has 1 aromatic rings. The lowest BCUT2D eigenvalue weighted by Gasteiger charge is -2.24. The van der Waals surface area contributed by atoms with Crippen LogP contribution in [0.5, 0.6) is 0 Å². The van der Waals surface area contributed by atoms with E-state index in [9.17, 15) is 28.8 Å². The lowest BCUT2D eigenvalue weighted by Crippen LogP contribution is -2.53. The molecule has 53 heavy (non-hydrogen) atoms. The van der Waals surface area contributed by atoms with Crippen LogP contribution in [0, 0.1) is 17.8 Å². The number of thioether (sulfide) groups is 1. The van der Waals surface area contributed by atoms with Crippen molar-refractivity contribution < 1.29 is 33.5 Å². The zero-order valence-electron chi connectivity index (χ0n) is 32.8. The van der Waals surface area contributed by atoms with Gasteiger partial charge in [0.05, 0.1) is 5.25 Å². The molecule has 3 rings (SSSR count). The fourth-order valence-electron chi connectivity index (χ4n) is 6.13. The van der Waals surface area contributed by atoms with Crippen LogP contribution >= 0.6 is 11.8 Å². The molecule has 3 unspecified atom stereocenters. The second kappa shape index (κ2) is 21.9. The van der Waals surface area contributed by atoms with Gasteiger partial charge in [0.1, 0.15) is 18.7 Å². The zero-order chi connectivity index (χ0) is 39.1. The number of hydrogen-bond acceptors (Lipinski definition) is 9. The average molecular weight is 759 g/mol. The van der Waals surface area contributed by atoms with E-state index in [1.807, 2.05) is 20.9 Å². The van der Waals surface area contributed by atoms with E-state index in [4.69, 9.17) is 4.74 Å². The van der Waals surface area contributed by atoms with Gasteiger partial charge < -0.3 is 30.5 Å². The molecule has 1 aromatic carbocycles. The van der Waals surface area contributed by atoms with Crippen LogP contribution in [0.3, 0.4) is 0 Å². The number of likely N-dealkylation sites (tertiary alicyclic amines) is 1. The Labute approximate surface area is 320 Å². The number of nitrogens with zero attached hydrogens (tertiary/aromatic N) is 3. The summed E-state index contributed by atoms with van der Waals surface area (Å²) in [6.45, 7) is 15.3. The van der Waals surface area contributed by atoms with Gasteiger partial charge in [-0.15, -0.1) is 11.8 Å². The lowest BCUT2D eigenvalue weighted by atomic mass is 9.96. The molecule has 0 aliphatic carbocycles. The Hall–Kier alpha value is -3.65. The van der Waals surface area contributed by atoms with Gasteiger partial charge in [-0.2, -0.15) is 0 Å². The first-order valence-electron chi connectivity index (χ1n) is 19.3. The first-order valence-corrected chi connectivity index (χ1v) is 20.3. The number of anilines is 1. The largest absolute Gasteiger partial charge is 0.445 e. The Morgan fingerprint density at radius 2 is 1.60 bits per heavy atom. The van der Waals surface area contributed by atoms with Crippen LogP contribution in [0.25, 0.3) is 0 Å². The van der Waals surface area contributed by atoms with Crippen LogP contribution in [0.4, 0.5) is 10.5 Å². The average Bonchev–Trinajstić information content (AvgIpc) is 3.24. The quantitative estimate of drug-likeness (QED) is 0.135. The van der Waals surface area contributed by atoms with Crippen molar-refractivity contribution in [3.63, 3.8) is 0 Å². The monoisotopic (exact) mass is 758 g/mol. The van der Waals surface area contributed by atoms with E-state index in [0.717, 1.165) is 37.2 Å². The highest BCUT2D eigenvalue weighted by Gasteiger charge is 2.38. The molecule has 0 radical (unpaired) electrons. The fraction of sp³-hybridized carbons (Fsp3) is 0.692. The first-order chi connectivity index (χ1) is 25.2. The number of amides is 6. The summed E-state index contributed by atoms with van der Waals surface area (Å²) >= 11 is 1.59. The van der Waals surface area contributed by atoms with Crippen molar-refractivity contribution in [2.75, 3.05) is 50.8 Å². The molecule has 0 saturated carbocycles. The van der Waals surface area contributed by atoms with Gasteiger partial charge in [0.2, 0.25) is 29.5 Å². The molecule has 0 spiro atoms. The molecule has 2 heterocycles. The SMILES string of the molecule is CCC(C)C(C)CSC1CC(=O)N(CCCCCC(=O)N[C@H](C(=O)N[C@@H](C)C(=O)Nc2ccc(COC(=O)N3CCCN(C)CC3)cc2)C(C)C)C1=O. The van der Waals surface area contributed by atoms with Crippen molar-refractivity contribution in [3.8, 4) is 0 Å². The predicted molar refractivity (Wildman–Crippen MR) is 208 cm³/mol. The summed E-state index contributed by atoms with van der Waals surface area (Å²) in [5.74, 6) is 0.312. The van der Waals surface area contributed by atoms with Gasteiger partial charge in [0.15, 0.2) is 0 Å². The maximum atomic E-state index is 13.1. The number of rotatable bonds is 19. The van der Waals surface area contributed by atoms with Crippen molar-refractivity contribution in [2.24, 2.45) is 17.8 Å². The van der Waals surface area contributed by atoms with E-state index >= 15 is 0 Å². The second-order valence-corrected chi connectivity index (χ2v) is 16.2. The summed E-state index contributed by atoms with van der Waals surface area (Å²) in [6.07, 6.45) is 3.93. The minimum absolute atomic E-state index is 0.104. The summed E-state index contributed by atoms with van der Waals surface area (Å²) < 4.78 is 5.49. The molecule has 0 bridgehead atoms. The molecule has 5 atom stereocenters. The third-order valence-electron chi connectivity index (χ3n) is 10.2. The van der Waals surface area contributed by atoms with E-state index in [-0.39, 0.29) is 54.4 Å². The zero-order valence-corrected chi connectivity index (χ0v) is 33.6. The van der Waals surface area contributed by atoms with Crippen molar-refractivity contribution in [3.05, 3.63) is 29.8 Å². The number of carbonyl (C=O) groups excluding carboxylic acids is 6. The number of unbranched alkanes of at least 4 members (excludes halogenated alkanes) is 2. The number of nitrogens with one attached hydrogen (secondary N) is 3. The van der Waals surface area contributed by atoms with E-state index in [0.29, 0.717) is 56.4 Å². The molecule has 2 aliphatic heterocycles. The van der Waals surface area contributed by atoms with Gasteiger partial charge >= 0.3 is 6.09 Å². The van der Waals surface area contributed by atoms with Gasteiger partial charge in [-0.1, -0.05) is 59.6 Å². The fourth-order valence-corrected chi connectivity index (χ4v) is 7.53. The van der Waals surface area contributed by atoms with E-state index < -0.39 is 23.9 Å². The Balaban J connectivity index is 1.35. The number of benzene rings is 1. The third-order valence-corrected chi connectivity index (χ3v) is 11.7. The molecule has 2 aliphatic rings. The first kappa shape index (κ1) is 43.8. The molecular formula is C39H62N6O7S. The number of imide groups is 1. The van der Waals surface area contributed by atoms with Gasteiger partial charge in [-0.3, -0.25) is 28.9 Å². The molecular weight excluding hydrogens is 697 g/mol. The van der Waals surface area contributed by atoms with Crippen molar-refractivity contribution in [1.29, 1.82) is 0 Å². The summed E-state index contributed by atoms with van der Waals surface area (Å²) in [7, 11) is 2.04. The van der Waals surface area contributed by atoms with Gasteiger partial charge in [0.25, 0.3) is 0 Å². The topological polar surface area (TPSA) is 157 Å².